The summed E-state index contributed by atoms with van der Waals surface area (Å²) < 4.78 is 1.19. The van der Waals surface area contributed by atoms with Crippen molar-refractivity contribution in [1.82, 2.24) is 0 Å². The van der Waals surface area contributed by atoms with E-state index in [0.717, 1.165) is 12.8 Å². The highest BCUT2D eigenvalue weighted by atomic mass is 79.9. The zero-order valence-corrected chi connectivity index (χ0v) is 9.68. The van der Waals surface area contributed by atoms with Crippen molar-refractivity contribution in [3.05, 3.63) is 33.8 Å². The van der Waals surface area contributed by atoms with Crippen molar-refractivity contribution in [3.8, 4) is 0 Å². The summed E-state index contributed by atoms with van der Waals surface area (Å²) >= 11 is 3.55. The highest BCUT2D eigenvalue weighted by Crippen LogP contribution is 2.55. The highest BCUT2D eigenvalue weighted by Gasteiger charge is 2.51. The number of hydrogen-bond acceptors (Lipinski definition) is 1. The molecule has 1 nitrogen and oxygen atoms in total. The van der Waals surface area contributed by atoms with Crippen molar-refractivity contribution >= 4 is 15.9 Å². The third-order valence-electron chi connectivity index (χ3n) is 3.83. The molecule has 0 saturated heterocycles. The third-order valence-corrected chi connectivity index (χ3v) is 4.32. The number of fused-ring (bicyclic) bond motifs is 2. The number of aryl methyl sites for hydroxylation is 1. The molecule has 0 heterocycles. The Bertz CT molecular complexity index is 382. The van der Waals surface area contributed by atoms with Gasteiger partial charge in [0.05, 0.1) is 0 Å². The Morgan fingerprint density at radius 2 is 2.14 bits per heavy atom. The van der Waals surface area contributed by atoms with Crippen LogP contribution in [0.4, 0.5) is 0 Å². The molecule has 2 aliphatic rings. The number of hydrogen-bond donors (Lipinski definition) is 1. The van der Waals surface area contributed by atoms with Crippen molar-refractivity contribution in [2.75, 3.05) is 0 Å². The van der Waals surface area contributed by atoms with E-state index in [9.17, 15) is 0 Å². The zero-order valence-electron chi connectivity index (χ0n) is 8.09. The predicted molar refractivity (Wildman–Crippen MR) is 61.4 cm³/mol. The Morgan fingerprint density at radius 3 is 2.86 bits per heavy atom. The van der Waals surface area contributed by atoms with Crippen molar-refractivity contribution in [3.63, 3.8) is 0 Å². The summed E-state index contributed by atoms with van der Waals surface area (Å²) in [5.41, 5.74) is 9.62. The van der Waals surface area contributed by atoms with E-state index in [1.165, 1.54) is 28.4 Å². The highest BCUT2D eigenvalue weighted by molar-refractivity contribution is 9.10. The van der Waals surface area contributed by atoms with Crippen LogP contribution in [0.2, 0.25) is 0 Å². The number of benzene rings is 1. The predicted octanol–water partition coefficient (Wildman–Crippen LogP) is 2.75. The normalized spacial score (nSPS) is 27.4. The first-order chi connectivity index (χ1) is 6.72. The molecule has 0 radical (unpaired) electrons. The molecule has 14 heavy (non-hydrogen) atoms. The van der Waals surface area contributed by atoms with Gasteiger partial charge in [0.25, 0.3) is 0 Å². The van der Waals surface area contributed by atoms with E-state index in [0.29, 0.717) is 11.5 Å². The Hall–Kier alpha value is -0.340. The molecule has 2 N–H and O–H groups in total. The summed E-state index contributed by atoms with van der Waals surface area (Å²) in [5.74, 6) is 0. The number of nitrogens with two attached hydrogens (primary N) is 1. The second-order valence-corrected chi connectivity index (χ2v) is 5.52. The fraction of sp³-hybridized carbons (Fsp3) is 0.500. The maximum absolute atomic E-state index is 6.22. The lowest BCUT2D eigenvalue weighted by Crippen LogP contribution is -2.39. The van der Waals surface area contributed by atoms with Gasteiger partial charge in [-0.1, -0.05) is 22.0 Å². The Morgan fingerprint density at radius 1 is 1.36 bits per heavy atom. The fourth-order valence-corrected chi connectivity index (χ4v) is 3.15. The van der Waals surface area contributed by atoms with Gasteiger partial charge in [-0.3, -0.25) is 0 Å². The van der Waals surface area contributed by atoms with Gasteiger partial charge in [0.2, 0.25) is 0 Å². The van der Waals surface area contributed by atoms with Gasteiger partial charge in [-0.2, -0.15) is 0 Å². The summed E-state index contributed by atoms with van der Waals surface area (Å²) in [4.78, 5) is 0. The third kappa shape index (κ3) is 1.10. The molecule has 0 aliphatic heterocycles. The lowest BCUT2D eigenvalue weighted by molar-refractivity contribution is 0.454. The Labute approximate surface area is 92.8 Å². The van der Waals surface area contributed by atoms with Gasteiger partial charge in [-0.05, 0) is 48.9 Å². The zero-order chi connectivity index (χ0) is 9.76. The summed E-state index contributed by atoms with van der Waals surface area (Å²) in [6.07, 6.45) is 4.90. The first-order valence-corrected chi connectivity index (χ1v) is 6.06. The lowest BCUT2D eigenvalue weighted by atomic mass is 9.77. The van der Waals surface area contributed by atoms with Crippen LogP contribution < -0.4 is 5.73 Å². The SMILES string of the molecule is NC1CCc2ccc(Br)cc2C12CC2. The largest absolute Gasteiger partial charge is 0.327 e. The second-order valence-electron chi connectivity index (χ2n) is 4.60. The molecule has 74 valence electrons. The van der Waals surface area contributed by atoms with E-state index < -0.39 is 0 Å². The molecule has 1 aromatic rings. The molecule has 1 unspecified atom stereocenters. The second kappa shape index (κ2) is 2.83. The van der Waals surface area contributed by atoms with E-state index in [2.05, 4.69) is 34.1 Å². The maximum Gasteiger partial charge on any atom is 0.0178 e. The van der Waals surface area contributed by atoms with Gasteiger partial charge >= 0.3 is 0 Å². The Kier molecular flexibility index (Phi) is 1.80. The van der Waals surface area contributed by atoms with Crippen molar-refractivity contribution < 1.29 is 0 Å². The van der Waals surface area contributed by atoms with Crippen LogP contribution in [-0.4, -0.2) is 6.04 Å². The van der Waals surface area contributed by atoms with Crippen LogP contribution in [0.25, 0.3) is 0 Å². The van der Waals surface area contributed by atoms with Crippen molar-refractivity contribution in [1.29, 1.82) is 0 Å². The van der Waals surface area contributed by atoms with Crippen LogP contribution in [0.3, 0.4) is 0 Å². The van der Waals surface area contributed by atoms with E-state index in [-0.39, 0.29) is 0 Å². The molecule has 3 rings (SSSR count). The van der Waals surface area contributed by atoms with Crippen LogP contribution >= 0.6 is 15.9 Å². The van der Waals surface area contributed by atoms with Gasteiger partial charge in [-0.15, -0.1) is 0 Å². The van der Waals surface area contributed by atoms with Gasteiger partial charge in [0.15, 0.2) is 0 Å². The number of halogens is 1. The monoisotopic (exact) mass is 251 g/mol. The average Bonchev–Trinajstić information content (AvgIpc) is 2.94. The quantitative estimate of drug-likeness (QED) is 0.754. The van der Waals surface area contributed by atoms with E-state index in [1.807, 2.05) is 0 Å². The van der Waals surface area contributed by atoms with E-state index >= 15 is 0 Å². The van der Waals surface area contributed by atoms with Gasteiger partial charge in [-0.25, -0.2) is 0 Å². The maximum atomic E-state index is 6.22. The molecular weight excluding hydrogens is 238 g/mol. The van der Waals surface area contributed by atoms with Crippen molar-refractivity contribution in [2.24, 2.45) is 5.73 Å². The Balaban J connectivity index is 2.16. The molecule has 1 fully saturated rings. The fourth-order valence-electron chi connectivity index (χ4n) is 2.79. The van der Waals surface area contributed by atoms with Crippen molar-refractivity contribution in [2.45, 2.75) is 37.1 Å². The van der Waals surface area contributed by atoms with Crippen LogP contribution in [-0.2, 0) is 11.8 Å². The molecule has 0 bridgehead atoms. The smallest absolute Gasteiger partial charge is 0.0178 e. The van der Waals surface area contributed by atoms with Crippen LogP contribution in [0.1, 0.15) is 30.4 Å². The van der Waals surface area contributed by atoms with Crippen LogP contribution in [0.5, 0.6) is 0 Å². The molecule has 2 heteroatoms. The van der Waals surface area contributed by atoms with E-state index in [4.69, 9.17) is 5.73 Å². The van der Waals surface area contributed by atoms with Gasteiger partial charge in [0.1, 0.15) is 0 Å². The first kappa shape index (κ1) is 8.93. The number of rotatable bonds is 0. The minimum absolute atomic E-state index is 0.358. The summed E-state index contributed by atoms with van der Waals surface area (Å²) in [7, 11) is 0. The molecule has 0 aromatic heterocycles. The van der Waals surface area contributed by atoms with Crippen LogP contribution in [0.15, 0.2) is 22.7 Å². The summed E-state index contributed by atoms with van der Waals surface area (Å²) in [6.45, 7) is 0. The summed E-state index contributed by atoms with van der Waals surface area (Å²) in [5, 5.41) is 0. The molecule has 1 spiro atoms. The average molecular weight is 252 g/mol. The van der Waals surface area contributed by atoms with E-state index in [1.54, 1.807) is 0 Å². The standard InChI is InChI=1S/C12H14BrN/c13-9-3-1-8-2-4-11(14)12(5-6-12)10(8)7-9/h1,3,7,11H,2,4-6,14H2. The summed E-state index contributed by atoms with van der Waals surface area (Å²) in [6, 6.07) is 7.07. The molecule has 2 aliphatic carbocycles. The minimum Gasteiger partial charge on any atom is -0.327 e. The topological polar surface area (TPSA) is 26.0 Å². The molecule has 1 saturated carbocycles. The van der Waals surface area contributed by atoms with Gasteiger partial charge < -0.3 is 5.73 Å². The lowest BCUT2D eigenvalue weighted by Gasteiger charge is -2.31. The molecular formula is C12H14BrN. The molecule has 1 atom stereocenters. The first-order valence-electron chi connectivity index (χ1n) is 5.27. The van der Waals surface area contributed by atoms with Gasteiger partial charge in [0, 0.05) is 15.9 Å². The molecule has 0 amide bonds. The molecule has 1 aromatic carbocycles. The van der Waals surface area contributed by atoms with Crippen LogP contribution in [0, 0.1) is 0 Å². The minimum atomic E-state index is 0.358.